The van der Waals surface area contributed by atoms with E-state index >= 15 is 0 Å². The Balaban J connectivity index is 1.83. The van der Waals surface area contributed by atoms with Crippen LogP contribution in [0.3, 0.4) is 0 Å². The summed E-state index contributed by atoms with van der Waals surface area (Å²) in [6.07, 6.45) is 0.182. The summed E-state index contributed by atoms with van der Waals surface area (Å²) in [5.74, 6) is 0.445. The number of rotatable bonds is 2. The fourth-order valence-corrected chi connectivity index (χ4v) is 2.33. The third-order valence-corrected chi connectivity index (χ3v) is 3.33. The second kappa shape index (κ2) is 4.46. The maximum Gasteiger partial charge on any atom is 0.311 e. The van der Waals surface area contributed by atoms with E-state index < -0.39 is 5.92 Å². The van der Waals surface area contributed by atoms with E-state index in [-0.39, 0.29) is 25.1 Å². The highest BCUT2D eigenvalue weighted by molar-refractivity contribution is 5.99. The number of benzene rings is 1. The van der Waals surface area contributed by atoms with Crippen molar-refractivity contribution in [2.75, 3.05) is 25.3 Å². The maximum absolute atomic E-state index is 12.0. The van der Waals surface area contributed by atoms with E-state index in [9.17, 15) is 9.59 Å². The van der Waals surface area contributed by atoms with Gasteiger partial charge in [-0.3, -0.25) is 9.59 Å². The largest absolute Gasteiger partial charge is 0.469 e. The molecule has 0 radical (unpaired) electrons. The number of fused-ring (bicyclic) bond motifs is 1. The number of hydrogen-bond acceptors (Lipinski definition) is 5. The predicted octanol–water partition coefficient (Wildman–Crippen LogP) is 0.941. The minimum absolute atomic E-state index is 0.0886. The van der Waals surface area contributed by atoms with Crippen LogP contribution in [-0.2, 0) is 14.3 Å². The Labute approximate surface area is 109 Å². The van der Waals surface area contributed by atoms with Crippen molar-refractivity contribution in [3.63, 3.8) is 0 Å². The molecule has 0 aromatic heterocycles. The van der Waals surface area contributed by atoms with Crippen molar-refractivity contribution in [2.45, 2.75) is 6.42 Å². The molecule has 0 unspecified atom stereocenters. The van der Waals surface area contributed by atoms with Gasteiger partial charge < -0.3 is 19.1 Å². The van der Waals surface area contributed by atoms with E-state index in [1.807, 2.05) is 0 Å². The molecule has 6 heteroatoms. The molecular weight excluding hydrogens is 250 g/mol. The molecule has 1 amide bonds. The molecule has 2 aliphatic rings. The molecule has 2 aliphatic heterocycles. The Kier molecular flexibility index (Phi) is 2.77. The monoisotopic (exact) mass is 263 g/mol. The van der Waals surface area contributed by atoms with Crippen molar-refractivity contribution in [3.05, 3.63) is 18.2 Å². The zero-order chi connectivity index (χ0) is 13.4. The van der Waals surface area contributed by atoms with Crippen LogP contribution >= 0.6 is 0 Å². The van der Waals surface area contributed by atoms with E-state index in [2.05, 4.69) is 4.74 Å². The molecule has 0 aliphatic carbocycles. The van der Waals surface area contributed by atoms with E-state index in [0.29, 0.717) is 23.7 Å². The van der Waals surface area contributed by atoms with Gasteiger partial charge in [0, 0.05) is 24.7 Å². The van der Waals surface area contributed by atoms with Gasteiger partial charge in [-0.05, 0) is 12.1 Å². The highest BCUT2D eigenvalue weighted by Crippen LogP contribution is 2.37. The van der Waals surface area contributed by atoms with Crippen LogP contribution in [0.25, 0.3) is 0 Å². The summed E-state index contributed by atoms with van der Waals surface area (Å²) >= 11 is 0. The first-order valence-electron chi connectivity index (χ1n) is 5.97. The number of carbonyl (C=O) groups is 2. The molecule has 3 rings (SSSR count). The molecule has 0 N–H and O–H groups in total. The van der Waals surface area contributed by atoms with Gasteiger partial charge in [-0.15, -0.1) is 0 Å². The smallest absolute Gasteiger partial charge is 0.311 e. The van der Waals surface area contributed by atoms with Crippen LogP contribution < -0.4 is 14.4 Å². The first kappa shape index (κ1) is 11.8. The van der Waals surface area contributed by atoms with Crippen LogP contribution in [0.2, 0.25) is 0 Å². The Morgan fingerprint density at radius 2 is 2.16 bits per heavy atom. The van der Waals surface area contributed by atoms with E-state index in [0.717, 1.165) is 0 Å². The summed E-state index contributed by atoms with van der Waals surface area (Å²) < 4.78 is 15.2. The fraction of sp³-hybridized carbons (Fsp3) is 0.385. The third kappa shape index (κ3) is 1.99. The number of carbonyl (C=O) groups excluding carboxylic acids is 2. The Morgan fingerprint density at radius 3 is 2.95 bits per heavy atom. The molecule has 2 heterocycles. The first-order valence-corrected chi connectivity index (χ1v) is 5.97. The van der Waals surface area contributed by atoms with Gasteiger partial charge in [0.2, 0.25) is 12.7 Å². The number of methoxy groups -OCH3 is 1. The summed E-state index contributed by atoms with van der Waals surface area (Å²) in [5, 5.41) is 0. The van der Waals surface area contributed by atoms with Gasteiger partial charge in [0.15, 0.2) is 11.5 Å². The van der Waals surface area contributed by atoms with Crippen LogP contribution in [0.4, 0.5) is 5.69 Å². The number of esters is 1. The van der Waals surface area contributed by atoms with E-state index in [1.54, 1.807) is 23.1 Å². The van der Waals surface area contributed by atoms with Gasteiger partial charge in [-0.2, -0.15) is 0 Å². The van der Waals surface area contributed by atoms with Crippen molar-refractivity contribution in [1.82, 2.24) is 0 Å². The lowest BCUT2D eigenvalue weighted by molar-refractivity contribution is -0.145. The third-order valence-electron chi connectivity index (χ3n) is 3.33. The normalized spacial score (nSPS) is 20.8. The average Bonchev–Trinajstić information content (AvgIpc) is 3.03. The molecule has 1 atom stereocenters. The highest BCUT2D eigenvalue weighted by Gasteiger charge is 2.36. The quantitative estimate of drug-likeness (QED) is 0.743. The number of hydrogen-bond donors (Lipinski definition) is 0. The average molecular weight is 263 g/mol. The topological polar surface area (TPSA) is 65.1 Å². The van der Waals surface area contributed by atoms with E-state index in [4.69, 9.17) is 9.47 Å². The summed E-state index contributed by atoms with van der Waals surface area (Å²) in [7, 11) is 1.33. The molecule has 19 heavy (non-hydrogen) atoms. The molecule has 0 bridgehead atoms. The van der Waals surface area contributed by atoms with Crippen molar-refractivity contribution in [2.24, 2.45) is 5.92 Å². The number of ether oxygens (including phenoxy) is 3. The number of nitrogens with zero attached hydrogens (tertiary/aromatic N) is 1. The highest BCUT2D eigenvalue weighted by atomic mass is 16.7. The molecule has 1 aromatic rings. The lowest BCUT2D eigenvalue weighted by Gasteiger charge is -2.16. The van der Waals surface area contributed by atoms with Crippen molar-refractivity contribution in [1.29, 1.82) is 0 Å². The summed E-state index contributed by atoms with van der Waals surface area (Å²) in [6, 6.07) is 5.29. The van der Waals surface area contributed by atoms with Crippen LogP contribution in [-0.4, -0.2) is 32.3 Å². The zero-order valence-corrected chi connectivity index (χ0v) is 10.4. The van der Waals surface area contributed by atoms with Crippen LogP contribution in [0.1, 0.15) is 6.42 Å². The fourth-order valence-electron chi connectivity index (χ4n) is 2.33. The number of anilines is 1. The van der Waals surface area contributed by atoms with Gasteiger partial charge in [0.25, 0.3) is 0 Å². The molecule has 1 saturated heterocycles. The first-order chi connectivity index (χ1) is 9.19. The maximum atomic E-state index is 12.0. The molecule has 1 fully saturated rings. The molecule has 0 saturated carbocycles. The van der Waals surface area contributed by atoms with Crippen molar-refractivity contribution < 1.29 is 23.8 Å². The predicted molar refractivity (Wildman–Crippen MR) is 65.0 cm³/mol. The van der Waals surface area contributed by atoms with E-state index in [1.165, 1.54) is 7.11 Å². The minimum Gasteiger partial charge on any atom is -0.469 e. The van der Waals surface area contributed by atoms with Crippen molar-refractivity contribution >= 4 is 17.6 Å². The summed E-state index contributed by atoms with van der Waals surface area (Å²) in [4.78, 5) is 25.0. The second-order valence-electron chi connectivity index (χ2n) is 4.47. The molecular formula is C13H13NO5. The number of amides is 1. The van der Waals surface area contributed by atoms with Crippen LogP contribution in [0.15, 0.2) is 18.2 Å². The van der Waals surface area contributed by atoms with Gasteiger partial charge in [-0.25, -0.2) is 0 Å². The molecule has 100 valence electrons. The SMILES string of the molecule is COC(=O)[C@H]1CC(=O)N(c2ccc3c(c2)OCO3)C1. The summed E-state index contributed by atoms with van der Waals surface area (Å²) in [6.45, 7) is 0.530. The van der Waals surface area contributed by atoms with Crippen molar-refractivity contribution in [3.8, 4) is 11.5 Å². The van der Waals surface area contributed by atoms with Gasteiger partial charge in [0.1, 0.15) is 0 Å². The minimum atomic E-state index is -0.400. The van der Waals surface area contributed by atoms with Gasteiger partial charge in [-0.1, -0.05) is 0 Å². The lowest BCUT2D eigenvalue weighted by atomic mass is 10.1. The molecule has 1 aromatic carbocycles. The molecule has 6 nitrogen and oxygen atoms in total. The Bertz CT molecular complexity index is 542. The van der Waals surface area contributed by atoms with Gasteiger partial charge >= 0.3 is 5.97 Å². The Hall–Kier alpha value is -2.24. The van der Waals surface area contributed by atoms with Crippen LogP contribution in [0, 0.1) is 5.92 Å². The standard InChI is InChI=1S/C13H13NO5/c1-17-13(16)8-4-12(15)14(6-8)9-2-3-10-11(5-9)19-7-18-10/h2-3,5,8H,4,6-7H2,1H3/t8-/m0/s1. The van der Waals surface area contributed by atoms with Gasteiger partial charge in [0.05, 0.1) is 13.0 Å². The lowest BCUT2D eigenvalue weighted by Crippen LogP contribution is -2.26. The molecule has 0 spiro atoms. The zero-order valence-electron chi connectivity index (χ0n) is 10.4. The van der Waals surface area contributed by atoms with Crippen LogP contribution in [0.5, 0.6) is 11.5 Å². The second-order valence-corrected chi connectivity index (χ2v) is 4.47. The Morgan fingerprint density at radius 1 is 1.37 bits per heavy atom. The summed E-state index contributed by atoms with van der Waals surface area (Å²) in [5.41, 5.74) is 0.709.